The fraction of sp³-hybridized carbons (Fsp3) is 0.276. The van der Waals surface area contributed by atoms with Crippen molar-refractivity contribution in [1.82, 2.24) is 9.38 Å². The molecule has 1 unspecified atom stereocenters. The summed E-state index contributed by atoms with van der Waals surface area (Å²) in [4.78, 5) is 4.91. The Morgan fingerprint density at radius 2 is 1.62 bits per heavy atom. The molecule has 5 rings (SSSR count). The number of imidazole rings is 1. The first-order valence-electron chi connectivity index (χ1n) is 11.3. The van der Waals surface area contributed by atoms with Crippen molar-refractivity contribution in [3.63, 3.8) is 0 Å². The maximum atomic E-state index is 15.7. The zero-order valence-electron chi connectivity index (χ0n) is 19.7. The Bertz CT molecular complexity index is 1500. The van der Waals surface area contributed by atoms with Crippen molar-refractivity contribution < 1.29 is 4.39 Å². The van der Waals surface area contributed by atoms with Crippen molar-refractivity contribution in [3.05, 3.63) is 82.5 Å². The molecule has 0 aliphatic carbocycles. The van der Waals surface area contributed by atoms with Crippen molar-refractivity contribution in [2.75, 3.05) is 0 Å². The number of benzene rings is 3. The number of nitrogens with zero attached hydrogens (tertiary/aromatic N) is 2. The molecule has 2 nitrogen and oxygen atoms in total. The molecule has 3 heteroatoms. The lowest BCUT2D eigenvalue weighted by Gasteiger charge is -2.22. The van der Waals surface area contributed by atoms with E-state index in [1.54, 1.807) is 6.92 Å². The molecular weight excluding hydrogens is 395 g/mol. The normalized spacial score (nSPS) is 13.8. The van der Waals surface area contributed by atoms with Crippen LogP contribution in [0.3, 0.4) is 0 Å². The van der Waals surface area contributed by atoms with E-state index >= 15 is 4.39 Å². The summed E-state index contributed by atoms with van der Waals surface area (Å²) >= 11 is 0. The molecule has 5 aromatic rings. The molecule has 3 aromatic carbocycles. The second kappa shape index (κ2) is 7.16. The van der Waals surface area contributed by atoms with Crippen LogP contribution in [0.5, 0.6) is 0 Å². The van der Waals surface area contributed by atoms with E-state index in [4.69, 9.17) is 4.98 Å². The molecule has 0 aliphatic rings. The van der Waals surface area contributed by atoms with Crippen molar-refractivity contribution >= 4 is 27.3 Å². The molecule has 0 aliphatic heterocycles. The lowest BCUT2D eigenvalue weighted by atomic mass is 9.89. The average molecular weight is 425 g/mol. The Kier molecular flexibility index (Phi) is 4.63. The Morgan fingerprint density at radius 1 is 0.906 bits per heavy atom. The van der Waals surface area contributed by atoms with Crippen LogP contribution in [0.2, 0.25) is 0 Å². The number of pyridine rings is 1. The minimum absolute atomic E-state index is 0.411. The number of halogens is 1. The van der Waals surface area contributed by atoms with E-state index in [1.807, 2.05) is 25.3 Å². The first-order chi connectivity index (χ1) is 15.2. The molecule has 0 spiro atoms. The largest absolute Gasteiger partial charge is 0.292 e. The smallest absolute Gasteiger partial charge is 0.146 e. The van der Waals surface area contributed by atoms with Gasteiger partial charge in [-0.05, 0) is 69.2 Å². The van der Waals surface area contributed by atoms with Gasteiger partial charge in [-0.2, -0.15) is 0 Å². The Balaban J connectivity index is 2.05. The molecule has 0 fully saturated rings. The molecular formula is C29H29FN2. The monoisotopic (exact) mass is 424 g/mol. The van der Waals surface area contributed by atoms with E-state index in [1.165, 1.54) is 27.8 Å². The zero-order chi connectivity index (χ0) is 22.8. The third-order valence-electron chi connectivity index (χ3n) is 6.89. The first-order valence-corrected chi connectivity index (χ1v) is 11.3. The van der Waals surface area contributed by atoms with Gasteiger partial charge in [0.15, 0.2) is 0 Å². The second-order valence-corrected chi connectivity index (χ2v) is 9.38. The first kappa shape index (κ1) is 20.7. The van der Waals surface area contributed by atoms with Gasteiger partial charge in [0.05, 0.1) is 17.4 Å². The second-order valence-electron chi connectivity index (χ2n) is 9.38. The summed E-state index contributed by atoms with van der Waals surface area (Å²) in [6, 6.07) is 16.9. The summed E-state index contributed by atoms with van der Waals surface area (Å²) in [6.07, 6.45) is 2.37. The molecule has 1 atom stereocenters. The van der Waals surface area contributed by atoms with E-state index < -0.39 is 5.67 Å². The van der Waals surface area contributed by atoms with E-state index in [0.717, 1.165) is 33.0 Å². The maximum Gasteiger partial charge on any atom is 0.146 e. The Labute approximate surface area is 188 Å². The van der Waals surface area contributed by atoms with Gasteiger partial charge in [0.1, 0.15) is 11.3 Å². The van der Waals surface area contributed by atoms with Crippen molar-refractivity contribution in [2.45, 2.75) is 53.6 Å². The molecule has 0 amide bonds. The van der Waals surface area contributed by atoms with Crippen LogP contribution in [0.25, 0.3) is 38.6 Å². The summed E-state index contributed by atoms with van der Waals surface area (Å²) in [6.45, 7) is 12.1. The molecule has 2 aromatic heterocycles. The summed E-state index contributed by atoms with van der Waals surface area (Å²) in [5, 5.41) is 3.08. The van der Waals surface area contributed by atoms with Gasteiger partial charge in [0, 0.05) is 21.9 Å². The van der Waals surface area contributed by atoms with Crippen LogP contribution in [0.4, 0.5) is 4.39 Å². The fourth-order valence-electron chi connectivity index (χ4n) is 5.23. The molecule has 0 bridgehead atoms. The molecule has 2 heterocycles. The number of fused-ring (bicyclic) bond motifs is 6. The third-order valence-corrected chi connectivity index (χ3v) is 6.89. The highest BCUT2D eigenvalue weighted by Gasteiger charge is 2.28. The van der Waals surface area contributed by atoms with Crippen molar-refractivity contribution in [1.29, 1.82) is 0 Å². The van der Waals surface area contributed by atoms with Crippen molar-refractivity contribution in [2.24, 2.45) is 0 Å². The van der Waals surface area contributed by atoms with Gasteiger partial charge in [-0.25, -0.2) is 9.37 Å². The standard InChI is InChI=1S/C29H29FN2/c1-7-29(6,30)23-10-8-9-22-21-12-11-17(2)15-24(21)32-25(16-31-28(32)27(22)23)26-19(4)13-18(3)14-20(26)5/h8-16H,7H2,1-6H3. The molecule has 32 heavy (non-hydrogen) atoms. The SMILES string of the molecule is CCC(C)(F)c1cccc2c3ccc(C)cc3n3c(-c4c(C)cc(C)cc4C)cnc3c12. The lowest BCUT2D eigenvalue weighted by Crippen LogP contribution is -2.14. The van der Waals surface area contributed by atoms with Crippen molar-refractivity contribution in [3.8, 4) is 11.3 Å². The number of aryl methyl sites for hydroxylation is 4. The van der Waals surface area contributed by atoms with Gasteiger partial charge in [0.2, 0.25) is 0 Å². The van der Waals surface area contributed by atoms with Gasteiger partial charge in [0.25, 0.3) is 0 Å². The fourth-order valence-corrected chi connectivity index (χ4v) is 5.23. The van der Waals surface area contributed by atoms with Crippen LogP contribution in [-0.4, -0.2) is 9.38 Å². The van der Waals surface area contributed by atoms with E-state index in [9.17, 15) is 0 Å². The predicted octanol–water partition coefficient (Wildman–Crippen LogP) is 8.14. The third kappa shape index (κ3) is 2.95. The van der Waals surface area contributed by atoms with Gasteiger partial charge in [-0.1, -0.05) is 55.0 Å². The summed E-state index contributed by atoms with van der Waals surface area (Å²) in [5.74, 6) is 0. The molecule has 0 saturated heterocycles. The van der Waals surface area contributed by atoms with Crippen LogP contribution >= 0.6 is 0 Å². The lowest BCUT2D eigenvalue weighted by molar-refractivity contribution is 0.187. The van der Waals surface area contributed by atoms with Gasteiger partial charge < -0.3 is 0 Å². The summed E-state index contributed by atoms with van der Waals surface area (Å²) in [5.41, 5.74) is 8.34. The Morgan fingerprint density at radius 3 is 2.31 bits per heavy atom. The van der Waals surface area contributed by atoms with Crippen LogP contribution < -0.4 is 0 Å². The van der Waals surface area contributed by atoms with Gasteiger partial charge in [-0.3, -0.25) is 4.40 Å². The molecule has 162 valence electrons. The zero-order valence-corrected chi connectivity index (χ0v) is 19.7. The van der Waals surface area contributed by atoms with Crippen LogP contribution in [-0.2, 0) is 5.67 Å². The van der Waals surface area contributed by atoms with E-state index in [0.29, 0.717) is 12.0 Å². The summed E-state index contributed by atoms with van der Waals surface area (Å²) < 4.78 is 18.0. The Hall–Kier alpha value is -3.20. The summed E-state index contributed by atoms with van der Waals surface area (Å²) in [7, 11) is 0. The van der Waals surface area contributed by atoms with Gasteiger partial charge >= 0.3 is 0 Å². The quantitative estimate of drug-likeness (QED) is 0.267. The molecule has 0 saturated carbocycles. The maximum absolute atomic E-state index is 15.7. The average Bonchev–Trinajstić information content (AvgIpc) is 3.17. The number of alkyl halides is 1. The number of aromatic nitrogens is 2. The molecule has 0 radical (unpaired) electrons. The highest BCUT2D eigenvalue weighted by molar-refractivity contribution is 6.14. The highest BCUT2D eigenvalue weighted by atomic mass is 19.1. The molecule has 0 N–H and O–H groups in total. The number of rotatable bonds is 3. The van der Waals surface area contributed by atoms with Gasteiger partial charge in [-0.15, -0.1) is 0 Å². The number of hydrogen-bond donors (Lipinski definition) is 0. The predicted molar refractivity (Wildman–Crippen MR) is 133 cm³/mol. The van der Waals surface area contributed by atoms with Crippen LogP contribution in [0.1, 0.15) is 48.1 Å². The van der Waals surface area contributed by atoms with Crippen LogP contribution in [0.15, 0.2) is 54.7 Å². The van der Waals surface area contributed by atoms with E-state index in [-0.39, 0.29) is 0 Å². The number of hydrogen-bond acceptors (Lipinski definition) is 1. The topological polar surface area (TPSA) is 17.3 Å². The highest BCUT2D eigenvalue weighted by Crippen LogP contribution is 2.41. The van der Waals surface area contributed by atoms with E-state index in [2.05, 4.69) is 68.5 Å². The minimum atomic E-state index is -1.43. The minimum Gasteiger partial charge on any atom is -0.292 e. The van der Waals surface area contributed by atoms with Crippen LogP contribution in [0, 0.1) is 27.7 Å².